The van der Waals surface area contributed by atoms with Gasteiger partial charge >= 0.3 is 0 Å². The van der Waals surface area contributed by atoms with E-state index in [1.807, 2.05) is 17.5 Å². The Labute approximate surface area is 177 Å². The molecule has 1 aromatic heterocycles. The van der Waals surface area contributed by atoms with Crippen molar-refractivity contribution in [2.75, 3.05) is 37.6 Å². The minimum Gasteiger partial charge on any atom is -0.497 e. The summed E-state index contributed by atoms with van der Waals surface area (Å²) in [6.07, 6.45) is 0. The molecule has 0 aliphatic carbocycles. The van der Waals surface area contributed by atoms with E-state index in [1.54, 1.807) is 36.9 Å². The molecular formula is C21H19N3O5S. The number of hydrogen-bond donors (Lipinski definition) is 1. The van der Waals surface area contributed by atoms with E-state index in [9.17, 15) is 9.59 Å². The van der Waals surface area contributed by atoms with E-state index in [-0.39, 0.29) is 25.0 Å². The van der Waals surface area contributed by atoms with Crippen LogP contribution < -0.4 is 24.4 Å². The van der Waals surface area contributed by atoms with Crippen LogP contribution in [0, 0.1) is 0 Å². The molecular weight excluding hydrogens is 406 g/mol. The zero-order chi connectivity index (χ0) is 21.1. The highest BCUT2D eigenvalue weighted by Crippen LogP contribution is 2.36. The number of nitrogens with zero attached hydrogens (tertiary/aromatic N) is 2. The first-order valence-corrected chi connectivity index (χ1v) is 10.0. The van der Waals surface area contributed by atoms with Gasteiger partial charge in [-0.2, -0.15) is 0 Å². The molecule has 1 aliphatic rings. The van der Waals surface area contributed by atoms with Crippen LogP contribution in [0.5, 0.6) is 17.2 Å². The van der Waals surface area contributed by atoms with Gasteiger partial charge in [0.2, 0.25) is 5.91 Å². The molecule has 9 heteroatoms. The van der Waals surface area contributed by atoms with Gasteiger partial charge < -0.3 is 19.5 Å². The summed E-state index contributed by atoms with van der Waals surface area (Å²) in [6, 6.07) is 10.5. The Kier molecular flexibility index (Phi) is 5.53. The summed E-state index contributed by atoms with van der Waals surface area (Å²) in [4.78, 5) is 31.0. The molecule has 0 spiro atoms. The van der Waals surface area contributed by atoms with Gasteiger partial charge in [0.05, 0.1) is 36.8 Å². The second-order valence-corrected chi connectivity index (χ2v) is 7.16. The smallest absolute Gasteiger partial charge is 0.265 e. The number of ether oxygens (including phenoxy) is 3. The largest absolute Gasteiger partial charge is 0.497 e. The second kappa shape index (κ2) is 8.42. The lowest BCUT2D eigenvalue weighted by Crippen LogP contribution is -2.43. The molecule has 0 radical (unpaired) electrons. The van der Waals surface area contributed by atoms with Crippen LogP contribution in [0.4, 0.5) is 11.4 Å². The molecule has 8 nitrogen and oxygen atoms in total. The van der Waals surface area contributed by atoms with Crippen LogP contribution in [-0.2, 0) is 9.59 Å². The van der Waals surface area contributed by atoms with Crippen molar-refractivity contribution in [3.05, 3.63) is 47.3 Å². The number of carbonyl (C=O) groups excluding carboxylic acids is 2. The number of anilines is 2. The Morgan fingerprint density at radius 1 is 1.23 bits per heavy atom. The van der Waals surface area contributed by atoms with Crippen LogP contribution in [0.25, 0.3) is 11.3 Å². The number of carbonyl (C=O) groups is 2. The molecule has 30 heavy (non-hydrogen) atoms. The van der Waals surface area contributed by atoms with Gasteiger partial charge in [-0.1, -0.05) is 0 Å². The molecule has 0 fully saturated rings. The first kappa shape index (κ1) is 19.7. The number of nitrogens with one attached hydrogen (secondary N) is 1. The van der Waals surface area contributed by atoms with Crippen molar-refractivity contribution >= 4 is 34.5 Å². The molecule has 0 saturated heterocycles. The minimum absolute atomic E-state index is 0.123. The Morgan fingerprint density at radius 2 is 2.10 bits per heavy atom. The van der Waals surface area contributed by atoms with Gasteiger partial charge in [-0.15, -0.1) is 11.3 Å². The van der Waals surface area contributed by atoms with Crippen LogP contribution >= 0.6 is 11.3 Å². The van der Waals surface area contributed by atoms with Crippen molar-refractivity contribution < 1.29 is 23.8 Å². The predicted molar refractivity (Wildman–Crippen MR) is 114 cm³/mol. The van der Waals surface area contributed by atoms with Gasteiger partial charge in [-0.25, -0.2) is 4.98 Å². The Balaban J connectivity index is 1.57. The predicted octanol–water partition coefficient (Wildman–Crippen LogP) is 3.19. The van der Waals surface area contributed by atoms with Gasteiger partial charge in [0.25, 0.3) is 5.91 Å². The molecule has 3 aromatic rings. The van der Waals surface area contributed by atoms with Crippen LogP contribution in [0.15, 0.2) is 47.3 Å². The highest BCUT2D eigenvalue weighted by atomic mass is 32.1. The van der Waals surface area contributed by atoms with Crippen molar-refractivity contribution in [1.82, 2.24) is 4.98 Å². The standard InChI is InChI=1S/C21H19N3O5S/c1-27-14-4-5-15(19(8-14)28-2)23-20(25)9-24-17-7-13(16-11-30-12-22-16)3-6-18(17)29-10-21(24)26/h3-8,11-12H,9-10H2,1-2H3,(H,23,25). The molecule has 2 aromatic carbocycles. The summed E-state index contributed by atoms with van der Waals surface area (Å²) in [5.41, 5.74) is 4.40. The van der Waals surface area contributed by atoms with E-state index in [0.29, 0.717) is 28.6 Å². The summed E-state index contributed by atoms with van der Waals surface area (Å²) >= 11 is 1.48. The number of amides is 2. The van der Waals surface area contributed by atoms with Crippen molar-refractivity contribution in [1.29, 1.82) is 0 Å². The maximum absolute atomic E-state index is 12.7. The molecule has 0 bridgehead atoms. The summed E-state index contributed by atoms with van der Waals surface area (Å²) in [5, 5.41) is 4.71. The van der Waals surface area contributed by atoms with Gasteiger partial charge in [-0.05, 0) is 30.3 Å². The first-order chi connectivity index (χ1) is 14.6. The Bertz CT molecular complexity index is 1080. The highest BCUT2D eigenvalue weighted by molar-refractivity contribution is 7.07. The molecule has 1 aliphatic heterocycles. The lowest BCUT2D eigenvalue weighted by molar-refractivity contribution is -0.123. The van der Waals surface area contributed by atoms with E-state index >= 15 is 0 Å². The summed E-state index contributed by atoms with van der Waals surface area (Å²) in [6.45, 7) is -0.285. The molecule has 0 unspecified atom stereocenters. The lowest BCUT2D eigenvalue weighted by atomic mass is 10.1. The number of fused-ring (bicyclic) bond motifs is 1. The molecule has 1 N–H and O–H groups in total. The number of hydrogen-bond acceptors (Lipinski definition) is 7. The Hall–Kier alpha value is -3.59. The average molecular weight is 425 g/mol. The van der Waals surface area contributed by atoms with E-state index in [1.165, 1.54) is 23.3 Å². The Morgan fingerprint density at radius 3 is 2.83 bits per heavy atom. The fourth-order valence-corrected chi connectivity index (χ4v) is 3.69. The van der Waals surface area contributed by atoms with Crippen molar-refractivity contribution in [3.63, 3.8) is 0 Å². The minimum atomic E-state index is -0.362. The third-order valence-electron chi connectivity index (χ3n) is 4.61. The molecule has 4 rings (SSSR count). The second-order valence-electron chi connectivity index (χ2n) is 6.44. The number of rotatable bonds is 6. The van der Waals surface area contributed by atoms with Gasteiger partial charge in [0.15, 0.2) is 6.61 Å². The molecule has 2 amide bonds. The third-order valence-corrected chi connectivity index (χ3v) is 5.20. The first-order valence-electron chi connectivity index (χ1n) is 9.06. The average Bonchev–Trinajstić information content (AvgIpc) is 3.30. The topological polar surface area (TPSA) is 90.0 Å². The molecule has 0 atom stereocenters. The van der Waals surface area contributed by atoms with Crippen molar-refractivity contribution in [2.45, 2.75) is 0 Å². The van der Waals surface area contributed by atoms with Crippen LogP contribution in [0.1, 0.15) is 0 Å². The van der Waals surface area contributed by atoms with E-state index in [4.69, 9.17) is 14.2 Å². The normalized spacial score (nSPS) is 12.7. The molecule has 2 heterocycles. The maximum atomic E-state index is 12.7. The zero-order valence-corrected chi connectivity index (χ0v) is 17.2. The van der Waals surface area contributed by atoms with Gasteiger partial charge in [0.1, 0.15) is 23.8 Å². The van der Waals surface area contributed by atoms with Crippen LogP contribution in [0.3, 0.4) is 0 Å². The number of methoxy groups -OCH3 is 2. The van der Waals surface area contributed by atoms with Crippen molar-refractivity contribution in [3.8, 4) is 28.5 Å². The third kappa shape index (κ3) is 3.92. The monoisotopic (exact) mass is 425 g/mol. The highest BCUT2D eigenvalue weighted by Gasteiger charge is 2.28. The quantitative estimate of drug-likeness (QED) is 0.652. The summed E-state index contributed by atoms with van der Waals surface area (Å²) in [5.74, 6) is 0.954. The molecule has 0 saturated carbocycles. The van der Waals surface area contributed by atoms with Crippen LogP contribution in [-0.4, -0.2) is 44.2 Å². The van der Waals surface area contributed by atoms with Gasteiger partial charge in [0, 0.05) is 17.0 Å². The van der Waals surface area contributed by atoms with Gasteiger partial charge in [-0.3, -0.25) is 14.5 Å². The number of benzene rings is 2. The summed E-state index contributed by atoms with van der Waals surface area (Å²) < 4.78 is 16.0. The van der Waals surface area contributed by atoms with Crippen molar-refractivity contribution in [2.24, 2.45) is 0 Å². The maximum Gasteiger partial charge on any atom is 0.265 e. The SMILES string of the molecule is COc1ccc(NC(=O)CN2C(=O)COc3ccc(-c4cscn4)cc32)c(OC)c1. The van der Waals surface area contributed by atoms with Crippen LogP contribution in [0.2, 0.25) is 0 Å². The number of thiazole rings is 1. The van der Waals surface area contributed by atoms with E-state index < -0.39 is 0 Å². The fourth-order valence-electron chi connectivity index (χ4n) is 3.13. The zero-order valence-electron chi connectivity index (χ0n) is 16.4. The molecule has 154 valence electrons. The van der Waals surface area contributed by atoms with E-state index in [2.05, 4.69) is 10.3 Å². The summed E-state index contributed by atoms with van der Waals surface area (Å²) in [7, 11) is 3.06. The number of aromatic nitrogens is 1. The fraction of sp³-hybridized carbons (Fsp3) is 0.190. The lowest BCUT2D eigenvalue weighted by Gasteiger charge is -2.29. The van der Waals surface area contributed by atoms with E-state index in [0.717, 1.165) is 11.3 Å².